The molecule has 0 radical (unpaired) electrons. The first-order valence-electron chi connectivity index (χ1n) is 7.41. The third-order valence-electron chi connectivity index (χ3n) is 4.10. The Morgan fingerprint density at radius 3 is 2.17 bits per heavy atom. The molecule has 0 atom stereocenters. The maximum Gasteiger partial charge on any atom is 0.335 e. The molecule has 1 heterocycles. The second-order valence-corrected chi connectivity index (χ2v) is 5.48. The van der Waals surface area contributed by atoms with Crippen LogP contribution in [-0.2, 0) is 17.8 Å². The summed E-state index contributed by atoms with van der Waals surface area (Å²) in [4.78, 5) is 25.0. The molecule has 6 nitrogen and oxygen atoms in total. The number of carbonyl (C=O) groups excluding carboxylic acids is 1. The van der Waals surface area contributed by atoms with E-state index in [9.17, 15) is 9.59 Å². The Bertz CT molecular complexity index is 798. The molecule has 2 aromatic carbocycles. The van der Waals surface area contributed by atoms with Gasteiger partial charge in [-0.2, -0.15) is 0 Å². The molecule has 1 amide bonds. The van der Waals surface area contributed by atoms with E-state index >= 15 is 0 Å². The number of carboxylic acid groups (broad SMARTS) is 1. The number of methoxy groups -OCH3 is 2. The Morgan fingerprint density at radius 1 is 1.04 bits per heavy atom. The molecule has 124 valence electrons. The molecule has 0 fully saturated rings. The lowest BCUT2D eigenvalue weighted by Crippen LogP contribution is -2.36. The summed E-state index contributed by atoms with van der Waals surface area (Å²) in [5, 5.41) is 8.97. The van der Waals surface area contributed by atoms with Gasteiger partial charge in [-0.15, -0.1) is 0 Å². The molecule has 0 saturated heterocycles. The van der Waals surface area contributed by atoms with Crippen molar-refractivity contribution in [2.45, 2.75) is 13.0 Å². The summed E-state index contributed by atoms with van der Waals surface area (Å²) in [6, 6.07) is 9.99. The molecule has 0 aliphatic carbocycles. The molecule has 6 heteroatoms. The van der Waals surface area contributed by atoms with Crippen LogP contribution in [0.4, 0.5) is 5.69 Å². The van der Waals surface area contributed by atoms with Crippen molar-refractivity contribution >= 4 is 17.6 Å². The highest BCUT2D eigenvalue weighted by molar-refractivity contribution is 5.97. The summed E-state index contributed by atoms with van der Waals surface area (Å²) in [7, 11) is 3.13. The average Bonchev–Trinajstić information content (AvgIpc) is 2.60. The van der Waals surface area contributed by atoms with Crippen LogP contribution in [0.3, 0.4) is 0 Å². The molecule has 1 aliphatic heterocycles. The van der Waals surface area contributed by atoms with Crippen LogP contribution in [0.5, 0.6) is 11.5 Å². The van der Waals surface area contributed by atoms with E-state index in [1.807, 2.05) is 12.1 Å². The number of nitrogens with zero attached hydrogens (tertiary/aromatic N) is 1. The van der Waals surface area contributed by atoms with Crippen LogP contribution >= 0.6 is 0 Å². The highest BCUT2D eigenvalue weighted by Crippen LogP contribution is 2.34. The lowest BCUT2D eigenvalue weighted by atomic mass is 9.97. The van der Waals surface area contributed by atoms with Crippen molar-refractivity contribution in [3.8, 4) is 11.5 Å². The summed E-state index contributed by atoms with van der Waals surface area (Å²) >= 11 is 0. The summed E-state index contributed by atoms with van der Waals surface area (Å²) < 4.78 is 10.6. The minimum Gasteiger partial charge on any atom is -0.493 e. The number of hydrogen-bond acceptors (Lipinski definition) is 4. The first-order chi connectivity index (χ1) is 11.5. The van der Waals surface area contributed by atoms with Crippen LogP contribution in [0.15, 0.2) is 36.4 Å². The highest BCUT2D eigenvalue weighted by Gasteiger charge is 2.26. The molecular weight excluding hydrogens is 310 g/mol. The molecule has 0 unspecified atom stereocenters. The summed E-state index contributed by atoms with van der Waals surface area (Å²) in [5.74, 6) is 0.182. The molecule has 1 N–H and O–H groups in total. The number of carboxylic acids is 1. The average molecular weight is 327 g/mol. The standard InChI is InChI=1S/C18H17NO5/c1-23-15-7-12-9-17(20)19(10-13(12)8-16(15)24-2)14-5-3-11(4-6-14)18(21)22/h3-8H,9-10H2,1-2H3,(H,21,22). The van der Waals surface area contributed by atoms with Gasteiger partial charge in [-0.3, -0.25) is 4.79 Å². The van der Waals surface area contributed by atoms with Crippen LogP contribution in [0, 0.1) is 0 Å². The molecule has 24 heavy (non-hydrogen) atoms. The number of rotatable bonds is 4. The number of amides is 1. The van der Waals surface area contributed by atoms with Gasteiger partial charge in [0.1, 0.15) is 0 Å². The maximum absolute atomic E-state index is 12.5. The van der Waals surface area contributed by atoms with Crippen molar-refractivity contribution in [1.82, 2.24) is 0 Å². The Labute approximate surface area is 139 Å². The van der Waals surface area contributed by atoms with Gasteiger partial charge in [-0.25, -0.2) is 4.79 Å². The number of anilines is 1. The summed E-state index contributed by atoms with van der Waals surface area (Å²) in [6.45, 7) is 0.404. The minimum absolute atomic E-state index is 0.0437. The van der Waals surface area contributed by atoms with Crippen LogP contribution in [-0.4, -0.2) is 31.2 Å². The van der Waals surface area contributed by atoms with E-state index < -0.39 is 5.97 Å². The van der Waals surface area contributed by atoms with Gasteiger partial charge in [0.15, 0.2) is 11.5 Å². The van der Waals surface area contributed by atoms with Crippen molar-refractivity contribution in [2.24, 2.45) is 0 Å². The van der Waals surface area contributed by atoms with E-state index in [1.165, 1.54) is 12.1 Å². The fraction of sp³-hybridized carbons (Fsp3) is 0.222. The SMILES string of the molecule is COc1cc2c(cc1OC)CN(c1ccc(C(=O)O)cc1)C(=O)C2. The fourth-order valence-corrected chi connectivity index (χ4v) is 2.81. The predicted octanol–water partition coefficient (Wildman–Crippen LogP) is 2.49. The second-order valence-electron chi connectivity index (χ2n) is 5.48. The van der Waals surface area contributed by atoms with Crippen LogP contribution in [0.2, 0.25) is 0 Å². The van der Waals surface area contributed by atoms with E-state index in [0.29, 0.717) is 23.7 Å². The Hall–Kier alpha value is -3.02. The van der Waals surface area contributed by atoms with Gasteiger partial charge in [0, 0.05) is 5.69 Å². The zero-order valence-corrected chi connectivity index (χ0v) is 13.4. The third-order valence-corrected chi connectivity index (χ3v) is 4.10. The second kappa shape index (κ2) is 6.23. The lowest BCUT2D eigenvalue weighted by Gasteiger charge is -2.29. The van der Waals surface area contributed by atoms with Gasteiger partial charge < -0.3 is 19.5 Å². The number of carbonyl (C=O) groups is 2. The Kier molecular flexibility index (Phi) is 4.12. The first-order valence-corrected chi connectivity index (χ1v) is 7.41. The van der Waals surface area contributed by atoms with Crippen molar-refractivity contribution in [3.05, 3.63) is 53.1 Å². The van der Waals surface area contributed by atoms with Crippen molar-refractivity contribution in [2.75, 3.05) is 19.1 Å². The zero-order chi connectivity index (χ0) is 17.3. The lowest BCUT2D eigenvalue weighted by molar-refractivity contribution is -0.118. The Balaban J connectivity index is 1.94. The van der Waals surface area contributed by atoms with E-state index in [2.05, 4.69) is 0 Å². The van der Waals surface area contributed by atoms with Gasteiger partial charge in [-0.05, 0) is 47.5 Å². The van der Waals surface area contributed by atoms with Crippen LogP contribution < -0.4 is 14.4 Å². The molecule has 0 bridgehead atoms. The van der Waals surface area contributed by atoms with E-state index in [1.54, 1.807) is 31.3 Å². The minimum atomic E-state index is -0.992. The zero-order valence-electron chi connectivity index (χ0n) is 13.4. The monoisotopic (exact) mass is 327 g/mol. The quantitative estimate of drug-likeness (QED) is 0.934. The molecule has 0 spiro atoms. The Morgan fingerprint density at radius 2 is 1.62 bits per heavy atom. The highest BCUT2D eigenvalue weighted by atomic mass is 16.5. The number of benzene rings is 2. The number of hydrogen-bond donors (Lipinski definition) is 1. The third kappa shape index (κ3) is 2.78. The van der Waals surface area contributed by atoms with Crippen molar-refractivity contribution in [1.29, 1.82) is 0 Å². The maximum atomic E-state index is 12.5. The normalized spacial score (nSPS) is 13.4. The number of aromatic carboxylic acids is 1. The molecule has 0 saturated carbocycles. The van der Waals surface area contributed by atoms with Crippen molar-refractivity contribution < 1.29 is 24.2 Å². The smallest absolute Gasteiger partial charge is 0.335 e. The van der Waals surface area contributed by atoms with Gasteiger partial charge >= 0.3 is 5.97 Å². The van der Waals surface area contributed by atoms with Crippen molar-refractivity contribution in [3.63, 3.8) is 0 Å². The van der Waals surface area contributed by atoms with E-state index in [0.717, 1.165) is 11.1 Å². The van der Waals surface area contributed by atoms with Crippen LogP contribution in [0.1, 0.15) is 21.5 Å². The van der Waals surface area contributed by atoms with Gasteiger partial charge in [0.05, 0.1) is 32.7 Å². The van der Waals surface area contributed by atoms with E-state index in [-0.39, 0.29) is 17.9 Å². The van der Waals surface area contributed by atoms with Gasteiger partial charge in [0.25, 0.3) is 0 Å². The summed E-state index contributed by atoms with van der Waals surface area (Å²) in [5.41, 5.74) is 2.76. The predicted molar refractivity (Wildman–Crippen MR) is 87.8 cm³/mol. The largest absolute Gasteiger partial charge is 0.493 e. The number of fused-ring (bicyclic) bond motifs is 1. The molecule has 2 aromatic rings. The first kappa shape index (κ1) is 15.9. The van der Waals surface area contributed by atoms with Crippen LogP contribution in [0.25, 0.3) is 0 Å². The molecule has 1 aliphatic rings. The molecule has 3 rings (SSSR count). The molecule has 0 aromatic heterocycles. The van der Waals surface area contributed by atoms with Gasteiger partial charge in [0.2, 0.25) is 5.91 Å². The molecular formula is C18H17NO5. The van der Waals surface area contributed by atoms with E-state index in [4.69, 9.17) is 14.6 Å². The topological polar surface area (TPSA) is 76.1 Å². The number of ether oxygens (including phenoxy) is 2. The van der Waals surface area contributed by atoms with Gasteiger partial charge in [-0.1, -0.05) is 0 Å². The fourth-order valence-electron chi connectivity index (χ4n) is 2.81. The summed E-state index contributed by atoms with van der Waals surface area (Å²) in [6.07, 6.45) is 0.260.